The summed E-state index contributed by atoms with van der Waals surface area (Å²) in [7, 11) is 0. The van der Waals surface area contributed by atoms with Gasteiger partial charge in [0.1, 0.15) is 6.04 Å². The van der Waals surface area contributed by atoms with Crippen molar-refractivity contribution in [2.24, 2.45) is 0 Å². The van der Waals surface area contributed by atoms with Crippen molar-refractivity contribution in [1.29, 1.82) is 0 Å². The molecular weight excluding hydrogens is 414 g/mol. The maximum absolute atomic E-state index is 13.5. The number of fused-ring (bicyclic) bond motifs is 2. The molecule has 3 fully saturated rings. The SMILES string of the molecule is CCc1ccc2[nH]c(=O)c([C@H](c3nnnn3C3CCCC3)N3CCN4CCC[C@H]4C3)cc2c1. The first-order chi connectivity index (χ1) is 16.2. The van der Waals surface area contributed by atoms with Gasteiger partial charge >= 0.3 is 0 Å². The Balaban J connectivity index is 1.47. The zero-order valence-electron chi connectivity index (χ0n) is 19.4. The molecule has 2 aliphatic heterocycles. The lowest BCUT2D eigenvalue weighted by Crippen LogP contribution is -2.52. The van der Waals surface area contributed by atoms with Gasteiger partial charge in [0.15, 0.2) is 5.82 Å². The first kappa shape index (κ1) is 21.0. The molecule has 2 aromatic heterocycles. The molecule has 0 unspecified atom stereocenters. The van der Waals surface area contributed by atoms with Crippen LogP contribution in [-0.4, -0.2) is 67.2 Å². The molecule has 3 aliphatic rings. The van der Waals surface area contributed by atoms with Gasteiger partial charge in [-0.25, -0.2) is 4.68 Å². The van der Waals surface area contributed by atoms with E-state index in [1.54, 1.807) is 0 Å². The van der Waals surface area contributed by atoms with Crippen LogP contribution in [-0.2, 0) is 6.42 Å². The molecular formula is C25H33N7O. The standard InChI is InChI=1S/C25H33N7O/c1-2-17-9-10-22-18(14-17)15-21(25(33)26-22)23(31-13-12-30-11-5-8-20(30)16-31)24-27-28-29-32(24)19-6-3-4-7-19/h9-10,14-15,19-20,23H,2-8,11-13,16H2,1H3,(H,26,33)/t20-,23+/m0/s1. The van der Waals surface area contributed by atoms with Gasteiger partial charge in [-0.3, -0.25) is 14.6 Å². The van der Waals surface area contributed by atoms with Crippen LogP contribution in [0.25, 0.3) is 10.9 Å². The molecule has 0 bridgehead atoms. The zero-order valence-corrected chi connectivity index (χ0v) is 19.4. The summed E-state index contributed by atoms with van der Waals surface area (Å²) in [5.74, 6) is 0.824. The molecule has 6 rings (SSSR count). The molecule has 0 radical (unpaired) electrons. The van der Waals surface area contributed by atoms with Gasteiger partial charge in [0, 0.05) is 36.8 Å². The van der Waals surface area contributed by atoms with Crippen LogP contribution >= 0.6 is 0 Å². The minimum absolute atomic E-state index is 0.0356. The highest BCUT2D eigenvalue weighted by molar-refractivity contribution is 5.80. The number of H-pyrrole nitrogens is 1. The molecule has 1 aromatic carbocycles. The molecule has 174 valence electrons. The molecule has 2 atom stereocenters. The van der Waals surface area contributed by atoms with Gasteiger partial charge in [0.2, 0.25) is 0 Å². The summed E-state index contributed by atoms with van der Waals surface area (Å²) in [6.07, 6.45) is 8.10. The summed E-state index contributed by atoms with van der Waals surface area (Å²) in [6, 6.07) is 9.05. The number of nitrogens with zero attached hydrogens (tertiary/aromatic N) is 6. The van der Waals surface area contributed by atoms with Crippen LogP contribution in [0.4, 0.5) is 0 Å². The largest absolute Gasteiger partial charge is 0.322 e. The maximum atomic E-state index is 13.5. The minimum Gasteiger partial charge on any atom is -0.322 e. The Labute approximate surface area is 194 Å². The minimum atomic E-state index is -0.234. The molecule has 0 spiro atoms. The Hall–Kier alpha value is -2.58. The van der Waals surface area contributed by atoms with Gasteiger partial charge in [-0.15, -0.1) is 5.10 Å². The number of tetrazole rings is 1. The van der Waals surface area contributed by atoms with Crippen molar-refractivity contribution in [2.45, 2.75) is 70.0 Å². The Bertz CT molecular complexity index is 1190. The van der Waals surface area contributed by atoms with E-state index in [-0.39, 0.29) is 11.6 Å². The number of rotatable bonds is 5. The highest BCUT2D eigenvalue weighted by atomic mass is 16.1. The van der Waals surface area contributed by atoms with Crippen LogP contribution in [0.1, 0.15) is 74.5 Å². The van der Waals surface area contributed by atoms with E-state index >= 15 is 0 Å². The van der Waals surface area contributed by atoms with Gasteiger partial charge in [0.25, 0.3) is 5.56 Å². The van der Waals surface area contributed by atoms with Crippen molar-refractivity contribution in [3.05, 3.63) is 51.6 Å². The summed E-state index contributed by atoms with van der Waals surface area (Å²) >= 11 is 0. The number of pyridine rings is 1. The van der Waals surface area contributed by atoms with Crippen molar-refractivity contribution in [1.82, 2.24) is 35.0 Å². The Morgan fingerprint density at radius 1 is 1.06 bits per heavy atom. The molecule has 0 amide bonds. The fraction of sp³-hybridized carbons (Fsp3) is 0.600. The number of hydrogen-bond donors (Lipinski definition) is 1. The molecule has 2 saturated heterocycles. The molecule has 8 nitrogen and oxygen atoms in total. The van der Waals surface area contributed by atoms with Crippen molar-refractivity contribution in [3.8, 4) is 0 Å². The molecule has 1 N–H and O–H groups in total. The second-order valence-corrected chi connectivity index (χ2v) is 9.98. The van der Waals surface area contributed by atoms with E-state index < -0.39 is 0 Å². The molecule has 8 heteroatoms. The van der Waals surface area contributed by atoms with Gasteiger partial charge in [-0.1, -0.05) is 25.8 Å². The Morgan fingerprint density at radius 2 is 1.91 bits per heavy atom. The van der Waals surface area contributed by atoms with E-state index in [1.165, 1.54) is 37.8 Å². The third kappa shape index (κ3) is 3.79. The first-order valence-corrected chi connectivity index (χ1v) is 12.6. The van der Waals surface area contributed by atoms with Gasteiger partial charge in [0.05, 0.1) is 6.04 Å². The predicted octanol–water partition coefficient (Wildman–Crippen LogP) is 3.06. The number of nitrogens with one attached hydrogen (secondary N) is 1. The lowest BCUT2D eigenvalue weighted by Gasteiger charge is -2.41. The Morgan fingerprint density at radius 3 is 2.76 bits per heavy atom. The van der Waals surface area contributed by atoms with Crippen molar-refractivity contribution >= 4 is 10.9 Å². The molecule has 33 heavy (non-hydrogen) atoms. The third-order valence-corrected chi connectivity index (χ3v) is 8.06. The van der Waals surface area contributed by atoms with Crippen LogP contribution in [0, 0.1) is 0 Å². The van der Waals surface area contributed by atoms with E-state index in [9.17, 15) is 4.79 Å². The highest BCUT2D eigenvalue weighted by Gasteiger charge is 2.38. The quantitative estimate of drug-likeness (QED) is 0.647. The van der Waals surface area contributed by atoms with Gasteiger partial charge in [-0.2, -0.15) is 0 Å². The van der Waals surface area contributed by atoms with E-state index in [0.717, 1.165) is 61.2 Å². The number of aromatic amines is 1. The van der Waals surface area contributed by atoms with Crippen LogP contribution in [0.5, 0.6) is 0 Å². The second-order valence-electron chi connectivity index (χ2n) is 9.98. The highest BCUT2D eigenvalue weighted by Crippen LogP contribution is 2.35. The van der Waals surface area contributed by atoms with Gasteiger partial charge < -0.3 is 4.98 Å². The zero-order chi connectivity index (χ0) is 22.4. The maximum Gasteiger partial charge on any atom is 0.253 e. The van der Waals surface area contributed by atoms with E-state index in [0.29, 0.717) is 12.1 Å². The normalized spacial score (nSPS) is 23.4. The topological polar surface area (TPSA) is 82.9 Å². The third-order valence-electron chi connectivity index (χ3n) is 8.06. The smallest absolute Gasteiger partial charge is 0.253 e. The van der Waals surface area contributed by atoms with Crippen LogP contribution in [0.2, 0.25) is 0 Å². The summed E-state index contributed by atoms with van der Waals surface area (Å²) in [6.45, 7) is 6.27. The average molecular weight is 448 g/mol. The average Bonchev–Trinajstić information content (AvgIpc) is 3.60. The van der Waals surface area contributed by atoms with Crippen LogP contribution in [0.15, 0.2) is 29.1 Å². The first-order valence-electron chi connectivity index (χ1n) is 12.6. The summed E-state index contributed by atoms with van der Waals surface area (Å²) in [5, 5.41) is 14.2. The number of hydrogen-bond acceptors (Lipinski definition) is 6. The predicted molar refractivity (Wildman–Crippen MR) is 127 cm³/mol. The summed E-state index contributed by atoms with van der Waals surface area (Å²) in [5.41, 5.74) is 2.88. The molecule has 1 aliphatic carbocycles. The van der Waals surface area contributed by atoms with Crippen LogP contribution < -0.4 is 5.56 Å². The van der Waals surface area contributed by atoms with Gasteiger partial charge in [-0.05, 0) is 78.2 Å². The fourth-order valence-corrected chi connectivity index (χ4v) is 6.23. The lowest BCUT2D eigenvalue weighted by molar-refractivity contribution is 0.0783. The molecule has 1 saturated carbocycles. The van der Waals surface area contributed by atoms with Crippen molar-refractivity contribution in [2.75, 3.05) is 26.2 Å². The van der Waals surface area contributed by atoms with Crippen molar-refractivity contribution in [3.63, 3.8) is 0 Å². The lowest BCUT2D eigenvalue weighted by atomic mass is 10.00. The monoisotopic (exact) mass is 447 g/mol. The van der Waals surface area contributed by atoms with Crippen molar-refractivity contribution < 1.29 is 0 Å². The number of aromatic nitrogens is 5. The number of piperazine rings is 1. The van der Waals surface area contributed by atoms with E-state index in [1.807, 2.05) is 10.7 Å². The fourth-order valence-electron chi connectivity index (χ4n) is 6.23. The molecule has 3 aromatic rings. The van der Waals surface area contributed by atoms with E-state index in [4.69, 9.17) is 0 Å². The number of aryl methyl sites for hydroxylation is 1. The Kier molecular flexibility index (Phi) is 5.50. The summed E-state index contributed by atoms with van der Waals surface area (Å²) in [4.78, 5) is 21.7. The number of benzene rings is 1. The molecule has 4 heterocycles. The summed E-state index contributed by atoms with van der Waals surface area (Å²) < 4.78 is 2.03. The van der Waals surface area contributed by atoms with E-state index in [2.05, 4.69) is 55.4 Å². The second kappa shape index (κ2) is 8.65. The van der Waals surface area contributed by atoms with Crippen LogP contribution in [0.3, 0.4) is 0 Å².